The van der Waals surface area contributed by atoms with E-state index in [9.17, 15) is 4.79 Å². The summed E-state index contributed by atoms with van der Waals surface area (Å²) in [4.78, 5) is 21.1. The zero-order valence-corrected chi connectivity index (χ0v) is 14.3. The summed E-state index contributed by atoms with van der Waals surface area (Å²) >= 11 is 1.69. The molecular formula is C17H19N5OS. The highest BCUT2D eigenvalue weighted by Crippen LogP contribution is 2.27. The first-order chi connectivity index (χ1) is 11.7. The van der Waals surface area contributed by atoms with Gasteiger partial charge in [-0.3, -0.25) is 9.89 Å². The first-order valence-electron chi connectivity index (χ1n) is 8.09. The molecule has 1 fully saturated rings. The Morgan fingerprint density at radius 1 is 1.42 bits per heavy atom. The molecule has 124 valence electrons. The van der Waals surface area contributed by atoms with E-state index in [0.29, 0.717) is 18.3 Å². The van der Waals surface area contributed by atoms with Crippen LogP contribution >= 0.6 is 11.3 Å². The van der Waals surface area contributed by atoms with Crippen molar-refractivity contribution >= 4 is 17.2 Å². The van der Waals surface area contributed by atoms with Gasteiger partial charge in [0, 0.05) is 30.4 Å². The second-order valence-electron chi connectivity index (χ2n) is 6.13. The fourth-order valence-corrected chi connectivity index (χ4v) is 4.00. The van der Waals surface area contributed by atoms with Gasteiger partial charge >= 0.3 is 0 Å². The molecule has 1 aliphatic heterocycles. The van der Waals surface area contributed by atoms with Gasteiger partial charge in [0.2, 0.25) is 0 Å². The van der Waals surface area contributed by atoms with Crippen LogP contribution < -0.4 is 0 Å². The number of carbonyl (C=O) groups excluding carboxylic acids is 1. The second kappa shape index (κ2) is 6.24. The molecule has 0 spiro atoms. The highest BCUT2D eigenvalue weighted by molar-refractivity contribution is 7.15. The predicted molar refractivity (Wildman–Crippen MR) is 93.0 cm³/mol. The van der Waals surface area contributed by atoms with E-state index >= 15 is 0 Å². The highest BCUT2D eigenvalue weighted by Gasteiger charge is 2.26. The molecule has 1 atom stereocenters. The Labute approximate surface area is 144 Å². The molecule has 3 aromatic heterocycles. The summed E-state index contributed by atoms with van der Waals surface area (Å²) in [7, 11) is 0. The molecule has 0 aromatic carbocycles. The minimum Gasteiger partial charge on any atom is -0.335 e. The van der Waals surface area contributed by atoms with Crippen LogP contribution in [0.2, 0.25) is 0 Å². The predicted octanol–water partition coefficient (Wildman–Crippen LogP) is 3.12. The third kappa shape index (κ3) is 2.87. The molecule has 0 radical (unpaired) electrons. The second-order valence-corrected chi connectivity index (χ2v) is 7.42. The highest BCUT2D eigenvalue weighted by atomic mass is 32.1. The van der Waals surface area contributed by atoms with Crippen LogP contribution in [0.5, 0.6) is 0 Å². The molecule has 24 heavy (non-hydrogen) atoms. The van der Waals surface area contributed by atoms with Crippen LogP contribution in [0, 0.1) is 6.92 Å². The zero-order chi connectivity index (χ0) is 16.5. The number of thiophene rings is 1. The molecule has 3 aromatic rings. The van der Waals surface area contributed by atoms with Crippen molar-refractivity contribution in [1.29, 1.82) is 0 Å². The third-order valence-electron chi connectivity index (χ3n) is 4.43. The van der Waals surface area contributed by atoms with Gasteiger partial charge in [-0.15, -0.1) is 11.3 Å². The molecule has 6 nitrogen and oxygen atoms in total. The van der Waals surface area contributed by atoms with E-state index in [-0.39, 0.29) is 5.91 Å². The number of rotatable bonds is 3. The van der Waals surface area contributed by atoms with Crippen molar-refractivity contribution in [2.75, 3.05) is 13.1 Å². The van der Waals surface area contributed by atoms with Gasteiger partial charge in [0.1, 0.15) is 0 Å². The van der Waals surface area contributed by atoms with E-state index in [1.54, 1.807) is 17.5 Å². The number of amides is 1. The number of imidazole rings is 1. The molecule has 0 saturated carbocycles. The monoisotopic (exact) mass is 341 g/mol. The maximum absolute atomic E-state index is 12.8. The third-order valence-corrected chi connectivity index (χ3v) is 5.47. The van der Waals surface area contributed by atoms with Gasteiger partial charge in [-0.05, 0) is 38.0 Å². The van der Waals surface area contributed by atoms with Crippen LogP contribution in [0.3, 0.4) is 0 Å². The first kappa shape index (κ1) is 15.1. The van der Waals surface area contributed by atoms with Crippen LogP contribution in [-0.4, -0.2) is 43.6 Å². The summed E-state index contributed by atoms with van der Waals surface area (Å²) in [6, 6.07) is 6.28. The van der Waals surface area contributed by atoms with Crippen molar-refractivity contribution in [1.82, 2.24) is 24.6 Å². The van der Waals surface area contributed by atoms with Crippen LogP contribution in [0.25, 0.3) is 10.6 Å². The molecule has 0 aliphatic carbocycles. The molecule has 0 bridgehead atoms. The number of likely N-dealkylation sites (tertiary alicyclic amines) is 1. The van der Waals surface area contributed by atoms with Crippen LogP contribution in [0.1, 0.15) is 34.2 Å². The number of aromatic amines is 1. The van der Waals surface area contributed by atoms with Gasteiger partial charge in [-0.2, -0.15) is 5.10 Å². The SMILES string of the molecule is Cc1ccc(-c2cc(C(=O)N3CCC[C@H](n4ccnc4)C3)n[nH]2)s1. The van der Waals surface area contributed by atoms with Gasteiger partial charge < -0.3 is 9.47 Å². The van der Waals surface area contributed by atoms with Crippen molar-refractivity contribution < 1.29 is 4.79 Å². The number of aromatic nitrogens is 4. The van der Waals surface area contributed by atoms with Crippen molar-refractivity contribution in [3.05, 3.63) is 47.5 Å². The fraction of sp³-hybridized carbons (Fsp3) is 0.353. The number of nitrogens with zero attached hydrogens (tertiary/aromatic N) is 4. The van der Waals surface area contributed by atoms with E-state index < -0.39 is 0 Å². The number of carbonyl (C=O) groups is 1. The molecule has 4 rings (SSSR count). The Hall–Kier alpha value is -2.41. The Bertz CT molecular complexity index is 835. The summed E-state index contributed by atoms with van der Waals surface area (Å²) in [5, 5.41) is 7.23. The van der Waals surface area contributed by atoms with Crippen molar-refractivity contribution in [3.8, 4) is 10.6 Å². The average Bonchev–Trinajstić information content (AvgIpc) is 3.35. The quantitative estimate of drug-likeness (QED) is 0.796. The Balaban J connectivity index is 1.50. The minimum absolute atomic E-state index is 0.00408. The summed E-state index contributed by atoms with van der Waals surface area (Å²) in [5.41, 5.74) is 1.39. The Kier molecular flexibility index (Phi) is 3.93. The standard InChI is InChI=1S/C17H19N5OS/c1-12-4-5-16(24-12)14-9-15(20-19-14)17(23)21-7-2-3-13(10-21)22-8-6-18-11-22/h4-6,8-9,11,13H,2-3,7,10H2,1H3,(H,19,20)/t13-/m0/s1. The van der Waals surface area contributed by atoms with Gasteiger partial charge in [0.15, 0.2) is 5.69 Å². The van der Waals surface area contributed by atoms with Crippen LogP contribution in [0.4, 0.5) is 0 Å². The Morgan fingerprint density at radius 3 is 3.08 bits per heavy atom. The summed E-state index contributed by atoms with van der Waals surface area (Å²) in [5.74, 6) is -0.00408. The molecule has 0 unspecified atom stereocenters. The number of hydrogen-bond donors (Lipinski definition) is 1. The lowest BCUT2D eigenvalue weighted by Crippen LogP contribution is -2.40. The van der Waals surface area contributed by atoms with Crippen LogP contribution in [0.15, 0.2) is 36.9 Å². The molecule has 7 heteroatoms. The largest absolute Gasteiger partial charge is 0.335 e. The smallest absolute Gasteiger partial charge is 0.274 e. The summed E-state index contributed by atoms with van der Waals surface area (Å²) < 4.78 is 2.09. The van der Waals surface area contributed by atoms with Crippen molar-refractivity contribution in [3.63, 3.8) is 0 Å². The van der Waals surface area contributed by atoms with E-state index in [4.69, 9.17) is 0 Å². The molecule has 1 amide bonds. The topological polar surface area (TPSA) is 66.8 Å². The van der Waals surface area contributed by atoms with Crippen molar-refractivity contribution in [2.24, 2.45) is 0 Å². The number of H-pyrrole nitrogens is 1. The lowest BCUT2D eigenvalue weighted by Gasteiger charge is -2.32. The zero-order valence-electron chi connectivity index (χ0n) is 13.5. The minimum atomic E-state index is -0.00408. The van der Waals surface area contributed by atoms with Gasteiger partial charge in [0.05, 0.1) is 22.9 Å². The van der Waals surface area contributed by atoms with Crippen molar-refractivity contribution in [2.45, 2.75) is 25.8 Å². The fourth-order valence-electron chi connectivity index (χ4n) is 3.17. The number of aryl methyl sites for hydroxylation is 1. The lowest BCUT2D eigenvalue weighted by molar-refractivity contribution is 0.0673. The first-order valence-corrected chi connectivity index (χ1v) is 8.91. The summed E-state index contributed by atoms with van der Waals surface area (Å²) in [6.07, 6.45) is 7.63. The van der Waals surface area contributed by atoms with Gasteiger partial charge in [-0.1, -0.05) is 0 Å². The molecule has 4 heterocycles. The molecule has 1 saturated heterocycles. The molecule has 1 aliphatic rings. The van der Waals surface area contributed by atoms with E-state index in [1.807, 2.05) is 23.5 Å². The van der Waals surface area contributed by atoms with Gasteiger partial charge in [-0.25, -0.2) is 4.98 Å². The number of piperidine rings is 1. The molecule has 1 N–H and O–H groups in total. The van der Waals surface area contributed by atoms with Gasteiger partial charge in [0.25, 0.3) is 5.91 Å². The van der Waals surface area contributed by atoms with Crippen LogP contribution in [-0.2, 0) is 0 Å². The summed E-state index contributed by atoms with van der Waals surface area (Å²) in [6.45, 7) is 3.56. The molecular weight excluding hydrogens is 322 g/mol. The van der Waals surface area contributed by atoms with E-state index in [1.165, 1.54) is 4.88 Å². The number of nitrogens with one attached hydrogen (secondary N) is 1. The lowest BCUT2D eigenvalue weighted by atomic mass is 10.1. The average molecular weight is 341 g/mol. The maximum atomic E-state index is 12.8. The Morgan fingerprint density at radius 2 is 2.33 bits per heavy atom. The van der Waals surface area contributed by atoms with E-state index in [0.717, 1.165) is 30.0 Å². The maximum Gasteiger partial charge on any atom is 0.274 e. The number of hydrogen-bond acceptors (Lipinski definition) is 4. The normalized spacial score (nSPS) is 18.0. The van der Waals surface area contributed by atoms with E-state index in [2.05, 4.69) is 38.8 Å².